The molecule has 0 radical (unpaired) electrons. The first-order chi connectivity index (χ1) is 9.78. The van der Waals surface area contributed by atoms with Gasteiger partial charge in [0, 0.05) is 18.8 Å². The first-order valence-electron chi connectivity index (χ1n) is 8.35. The Balaban J connectivity index is 3.19. The molecule has 6 heteroatoms. The number of carbonyl (C=O) groups is 1. The smallest absolute Gasteiger partial charge is 0.333 e. The number of ether oxygens (including phenoxy) is 1. The van der Waals surface area contributed by atoms with E-state index in [0.717, 1.165) is 12.0 Å². The molecule has 0 bridgehead atoms. The van der Waals surface area contributed by atoms with Crippen LogP contribution in [0.25, 0.3) is 0 Å². The Bertz CT molecular complexity index is 469. The maximum Gasteiger partial charge on any atom is 0.333 e. The molecule has 0 aromatic rings. The number of hydrogen-bond acceptors (Lipinski definition) is 3. The monoisotopic (exact) mass is 358 g/mol. The summed E-state index contributed by atoms with van der Waals surface area (Å²) in [4.78, 5) is 12.2. The highest BCUT2D eigenvalue weighted by Crippen LogP contribution is 2.44. The van der Waals surface area contributed by atoms with Crippen molar-refractivity contribution in [2.45, 2.75) is 78.5 Å². The van der Waals surface area contributed by atoms with Crippen LogP contribution in [0.1, 0.15) is 34.1 Å². The molecule has 3 nitrogen and oxygen atoms in total. The molecular weight excluding hydrogens is 324 g/mol. The van der Waals surface area contributed by atoms with Crippen molar-refractivity contribution in [2.24, 2.45) is 0 Å². The summed E-state index contributed by atoms with van der Waals surface area (Å²) in [7, 11) is -4.93. The number of carbonyl (C=O) groups excluding carboxylic acids is 1. The second kappa shape index (κ2) is 6.37. The van der Waals surface area contributed by atoms with Crippen molar-refractivity contribution in [1.29, 1.82) is 0 Å². The van der Waals surface area contributed by atoms with Crippen molar-refractivity contribution in [1.82, 2.24) is 0 Å². The molecule has 0 aromatic heterocycles. The first kappa shape index (κ1) is 19.9. The molecule has 1 heterocycles. The summed E-state index contributed by atoms with van der Waals surface area (Å²) in [6.07, 6.45) is 0.859. The molecule has 0 amide bonds. The van der Waals surface area contributed by atoms with Crippen LogP contribution in [0, 0.1) is 0 Å². The molecule has 22 heavy (non-hydrogen) atoms. The molecule has 1 saturated heterocycles. The Morgan fingerprint density at radius 2 is 1.77 bits per heavy atom. The second-order valence-corrected chi connectivity index (χ2v) is 34.7. The highest BCUT2D eigenvalue weighted by Gasteiger charge is 2.61. The zero-order chi connectivity index (χ0) is 17.4. The van der Waals surface area contributed by atoms with E-state index in [2.05, 4.69) is 52.3 Å². The van der Waals surface area contributed by atoms with Gasteiger partial charge in [0.2, 0.25) is 0 Å². The third-order valence-corrected chi connectivity index (χ3v) is 44.5. The zero-order valence-electron chi connectivity index (χ0n) is 15.9. The van der Waals surface area contributed by atoms with Gasteiger partial charge in [-0.2, -0.15) is 0 Å². The summed E-state index contributed by atoms with van der Waals surface area (Å²) in [5.74, 6) is -0.174. The van der Waals surface area contributed by atoms with Gasteiger partial charge in [0.15, 0.2) is 7.83 Å². The summed E-state index contributed by atoms with van der Waals surface area (Å²) < 4.78 is 12.0. The van der Waals surface area contributed by atoms with Crippen LogP contribution < -0.4 is 0 Å². The van der Waals surface area contributed by atoms with Crippen molar-refractivity contribution in [3.8, 4) is 0 Å². The van der Waals surface area contributed by atoms with Gasteiger partial charge in [0.1, 0.15) is 0 Å². The minimum atomic E-state index is -2.06. The van der Waals surface area contributed by atoms with E-state index < -0.39 is 22.5 Å². The molecule has 0 spiro atoms. The van der Waals surface area contributed by atoms with Crippen LogP contribution in [0.2, 0.25) is 38.8 Å². The first-order valence-corrected chi connectivity index (χ1v) is 19.0. The standard InChI is InChI=1S/C16H34O3Si3/c1-10-11-18-15(17)14(2)12-22(9)19-16(3,4)13-20(5,6)21(22,7)8/h12H,10-11,13H2,1-9H3. The predicted molar refractivity (Wildman–Crippen MR) is 102 cm³/mol. The predicted octanol–water partition coefficient (Wildman–Crippen LogP) is 4.38. The molecule has 0 N–H and O–H groups in total. The molecule has 1 atom stereocenters. The van der Waals surface area contributed by atoms with Crippen LogP contribution in [0.4, 0.5) is 0 Å². The Morgan fingerprint density at radius 3 is 2.27 bits per heavy atom. The Kier molecular flexibility index (Phi) is 5.76. The van der Waals surface area contributed by atoms with Crippen LogP contribution in [-0.2, 0) is 14.0 Å². The topological polar surface area (TPSA) is 35.5 Å². The van der Waals surface area contributed by atoms with Crippen molar-refractivity contribution in [3.63, 3.8) is 0 Å². The Morgan fingerprint density at radius 1 is 1.23 bits per heavy atom. The lowest BCUT2D eigenvalue weighted by atomic mass is 10.2. The second-order valence-electron chi connectivity index (χ2n) is 8.62. The highest BCUT2D eigenvalue weighted by atomic mass is 29.6. The zero-order valence-corrected chi connectivity index (χ0v) is 18.9. The summed E-state index contributed by atoms with van der Waals surface area (Å²) >= 11 is 0. The molecule has 1 unspecified atom stereocenters. The van der Waals surface area contributed by atoms with E-state index in [1.807, 2.05) is 13.8 Å². The van der Waals surface area contributed by atoms with Crippen LogP contribution in [0.5, 0.6) is 0 Å². The van der Waals surface area contributed by atoms with Gasteiger partial charge in [-0.25, -0.2) is 4.79 Å². The van der Waals surface area contributed by atoms with E-state index in [4.69, 9.17) is 9.16 Å². The minimum Gasteiger partial charge on any atom is -0.462 e. The van der Waals surface area contributed by atoms with Crippen LogP contribution in [-0.4, -0.2) is 40.7 Å². The molecular formula is C16H34O3Si3. The fraction of sp³-hybridized carbons (Fsp3) is 0.812. The molecule has 0 aliphatic carbocycles. The SMILES string of the molecule is CCCOC(=O)C(C)=C[Si]1(C)OC(C)(C)C[Si](C)(C)[Si]1(C)C. The minimum absolute atomic E-state index is 0.0662. The average Bonchev–Trinajstić information content (AvgIpc) is 2.31. The summed E-state index contributed by atoms with van der Waals surface area (Å²) in [5, 5.41) is 0. The van der Waals surface area contributed by atoms with Crippen LogP contribution in [0.15, 0.2) is 11.3 Å². The van der Waals surface area contributed by atoms with Gasteiger partial charge in [-0.15, -0.1) is 0 Å². The van der Waals surface area contributed by atoms with Gasteiger partial charge in [0.25, 0.3) is 0 Å². The van der Waals surface area contributed by atoms with Crippen molar-refractivity contribution in [3.05, 3.63) is 11.3 Å². The van der Waals surface area contributed by atoms with E-state index >= 15 is 0 Å². The lowest BCUT2D eigenvalue weighted by molar-refractivity contribution is -0.138. The van der Waals surface area contributed by atoms with Gasteiger partial charge >= 0.3 is 5.97 Å². The molecule has 1 fully saturated rings. The van der Waals surface area contributed by atoms with E-state index in [0.29, 0.717) is 6.61 Å². The normalized spacial score (nSPS) is 30.0. The van der Waals surface area contributed by atoms with E-state index in [9.17, 15) is 4.79 Å². The van der Waals surface area contributed by atoms with Gasteiger partial charge in [-0.1, -0.05) is 38.8 Å². The van der Waals surface area contributed by atoms with Gasteiger partial charge in [0.05, 0.1) is 13.7 Å². The van der Waals surface area contributed by atoms with Crippen molar-refractivity contribution in [2.75, 3.05) is 6.61 Å². The van der Waals surface area contributed by atoms with E-state index in [1.54, 1.807) is 0 Å². The van der Waals surface area contributed by atoms with E-state index in [-0.39, 0.29) is 11.6 Å². The van der Waals surface area contributed by atoms with E-state index in [1.165, 1.54) is 6.04 Å². The van der Waals surface area contributed by atoms with Gasteiger partial charge in [-0.3, -0.25) is 0 Å². The summed E-state index contributed by atoms with van der Waals surface area (Å²) in [5.41, 5.74) is 2.88. The molecule has 0 aromatic carbocycles. The lowest BCUT2D eigenvalue weighted by Gasteiger charge is -2.58. The van der Waals surface area contributed by atoms with Crippen molar-refractivity contribution < 1.29 is 14.0 Å². The molecule has 128 valence electrons. The quantitative estimate of drug-likeness (QED) is 0.425. The summed E-state index contributed by atoms with van der Waals surface area (Å²) in [6, 6.07) is 1.22. The summed E-state index contributed by atoms with van der Waals surface area (Å²) in [6.45, 7) is 21.2. The molecule has 1 aliphatic rings. The third kappa shape index (κ3) is 3.83. The average molecular weight is 359 g/mol. The Labute approximate surface area is 139 Å². The Hall–Kier alpha value is -0.179. The van der Waals surface area contributed by atoms with Crippen LogP contribution in [0.3, 0.4) is 0 Å². The number of rotatable bonds is 4. The third-order valence-electron chi connectivity index (χ3n) is 5.54. The van der Waals surface area contributed by atoms with Crippen molar-refractivity contribution >= 4 is 28.5 Å². The largest absolute Gasteiger partial charge is 0.462 e. The fourth-order valence-electron chi connectivity index (χ4n) is 3.69. The molecule has 0 saturated carbocycles. The van der Waals surface area contributed by atoms with Crippen LogP contribution >= 0.6 is 0 Å². The maximum atomic E-state index is 12.2. The number of esters is 1. The highest BCUT2D eigenvalue weighted by molar-refractivity contribution is 7.68. The number of hydrogen-bond donors (Lipinski definition) is 0. The lowest BCUT2D eigenvalue weighted by Crippen LogP contribution is -2.78. The van der Waals surface area contributed by atoms with Gasteiger partial charge in [-0.05, 0) is 39.8 Å². The molecule has 1 rings (SSSR count). The fourth-order valence-corrected chi connectivity index (χ4v) is 34.6. The van der Waals surface area contributed by atoms with Gasteiger partial charge < -0.3 is 9.16 Å². The molecule has 1 aliphatic heterocycles. The maximum absolute atomic E-state index is 12.2.